The molecule has 4 heteroatoms. The van der Waals surface area contributed by atoms with E-state index in [1.807, 2.05) is 46.8 Å². The molecule has 0 saturated carbocycles. The summed E-state index contributed by atoms with van der Waals surface area (Å²) in [5.74, 6) is -1.10. The highest BCUT2D eigenvalue weighted by Crippen LogP contribution is 2.17. The Morgan fingerprint density at radius 3 is 2.05 bits per heavy atom. The third-order valence-electron chi connectivity index (χ3n) is 3.21. The van der Waals surface area contributed by atoms with Gasteiger partial charge in [-0.1, -0.05) is 31.5 Å². The predicted octanol–water partition coefficient (Wildman–Crippen LogP) is 2.84. The first-order valence-electron chi connectivity index (χ1n) is 6.84. The lowest BCUT2D eigenvalue weighted by atomic mass is 9.98. The minimum atomic E-state index is -0.991. The van der Waals surface area contributed by atoms with E-state index in [1.54, 1.807) is 0 Å². The zero-order chi connectivity index (χ0) is 15.4. The van der Waals surface area contributed by atoms with Crippen LogP contribution in [0.5, 0.6) is 0 Å². The fourth-order valence-electron chi connectivity index (χ4n) is 2.46. The van der Waals surface area contributed by atoms with Gasteiger partial charge >= 0.3 is 5.97 Å². The first-order valence-corrected chi connectivity index (χ1v) is 6.84. The summed E-state index contributed by atoms with van der Waals surface area (Å²) in [5, 5.41) is 11.8. The second-order valence-electron chi connectivity index (χ2n) is 5.77. The Hall–Kier alpha value is -1.84. The lowest BCUT2D eigenvalue weighted by molar-refractivity contribution is -0.139. The number of aliphatic carboxylic acids is 1. The summed E-state index contributed by atoms with van der Waals surface area (Å²) in [7, 11) is 0. The number of amides is 1. The molecule has 1 amide bonds. The van der Waals surface area contributed by atoms with Crippen molar-refractivity contribution < 1.29 is 14.7 Å². The molecule has 4 nitrogen and oxygen atoms in total. The van der Waals surface area contributed by atoms with Crippen LogP contribution in [0.1, 0.15) is 47.3 Å². The normalized spacial score (nSPS) is 12.3. The molecular weight excluding hydrogens is 254 g/mol. The van der Waals surface area contributed by atoms with Gasteiger partial charge in [-0.2, -0.15) is 0 Å². The molecule has 0 unspecified atom stereocenters. The summed E-state index contributed by atoms with van der Waals surface area (Å²) >= 11 is 0. The van der Waals surface area contributed by atoms with E-state index in [9.17, 15) is 14.7 Å². The van der Waals surface area contributed by atoms with Crippen molar-refractivity contribution in [1.29, 1.82) is 0 Å². The summed E-state index contributed by atoms with van der Waals surface area (Å²) in [6, 6.07) is 3.02. The number of hydrogen-bond donors (Lipinski definition) is 2. The van der Waals surface area contributed by atoms with E-state index in [1.165, 1.54) is 0 Å². The first kappa shape index (κ1) is 16.2. The van der Waals surface area contributed by atoms with Crippen LogP contribution < -0.4 is 5.32 Å². The predicted molar refractivity (Wildman–Crippen MR) is 79.0 cm³/mol. The van der Waals surface area contributed by atoms with E-state index in [-0.39, 0.29) is 11.8 Å². The van der Waals surface area contributed by atoms with Crippen molar-refractivity contribution in [2.75, 3.05) is 0 Å². The zero-order valence-corrected chi connectivity index (χ0v) is 12.8. The summed E-state index contributed by atoms with van der Waals surface area (Å²) in [6.07, 6.45) is 0.422. The topological polar surface area (TPSA) is 66.4 Å². The van der Waals surface area contributed by atoms with Crippen LogP contribution in [0.25, 0.3) is 0 Å². The maximum absolute atomic E-state index is 12.3. The molecule has 0 saturated heterocycles. The number of aryl methyl sites for hydroxylation is 3. The lowest BCUT2D eigenvalue weighted by Gasteiger charge is -2.18. The lowest BCUT2D eigenvalue weighted by Crippen LogP contribution is -2.42. The number of carboxylic acid groups (broad SMARTS) is 1. The van der Waals surface area contributed by atoms with Crippen molar-refractivity contribution in [1.82, 2.24) is 5.32 Å². The fourth-order valence-corrected chi connectivity index (χ4v) is 2.46. The van der Waals surface area contributed by atoms with Gasteiger partial charge in [0.15, 0.2) is 0 Å². The van der Waals surface area contributed by atoms with E-state index < -0.39 is 12.0 Å². The molecule has 1 rings (SSSR count). The Bertz CT molecular complexity index is 497. The Morgan fingerprint density at radius 2 is 1.65 bits per heavy atom. The van der Waals surface area contributed by atoms with E-state index in [2.05, 4.69) is 5.32 Å². The first-order chi connectivity index (χ1) is 9.22. The maximum Gasteiger partial charge on any atom is 0.326 e. The van der Waals surface area contributed by atoms with Crippen molar-refractivity contribution in [3.8, 4) is 0 Å². The molecule has 0 aromatic heterocycles. The highest BCUT2D eigenvalue weighted by atomic mass is 16.4. The maximum atomic E-state index is 12.3. The third-order valence-corrected chi connectivity index (χ3v) is 3.21. The van der Waals surface area contributed by atoms with E-state index in [0.29, 0.717) is 12.0 Å². The van der Waals surface area contributed by atoms with Crippen LogP contribution in [0.3, 0.4) is 0 Å². The van der Waals surface area contributed by atoms with Gasteiger partial charge in [-0.05, 0) is 44.2 Å². The van der Waals surface area contributed by atoms with Gasteiger partial charge < -0.3 is 10.4 Å². The number of carbonyl (C=O) groups excluding carboxylic acids is 1. The van der Waals surface area contributed by atoms with Gasteiger partial charge in [0, 0.05) is 5.56 Å². The molecule has 1 aromatic rings. The smallest absolute Gasteiger partial charge is 0.326 e. The SMILES string of the molecule is Cc1cc(C)c(C(=O)N[C@H](CC(C)C)C(=O)O)c(C)c1. The Kier molecular flexibility index (Phi) is 5.31. The molecule has 110 valence electrons. The Balaban J connectivity index is 2.98. The van der Waals surface area contributed by atoms with Gasteiger partial charge in [0.25, 0.3) is 5.91 Å². The van der Waals surface area contributed by atoms with Crippen molar-refractivity contribution in [3.63, 3.8) is 0 Å². The molecule has 0 spiro atoms. The van der Waals surface area contributed by atoms with Gasteiger partial charge in [-0.25, -0.2) is 4.79 Å². The van der Waals surface area contributed by atoms with E-state index in [0.717, 1.165) is 16.7 Å². The Morgan fingerprint density at radius 1 is 1.15 bits per heavy atom. The van der Waals surface area contributed by atoms with Crippen LogP contribution in [-0.4, -0.2) is 23.0 Å². The van der Waals surface area contributed by atoms with Crippen molar-refractivity contribution >= 4 is 11.9 Å². The molecular formula is C16H23NO3. The summed E-state index contributed by atoms with van der Waals surface area (Å²) < 4.78 is 0. The van der Waals surface area contributed by atoms with Crippen molar-refractivity contribution in [2.45, 2.75) is 47.1 Å². The minimum Gasteiger partial charge on any atom is -0.480 e. The monoisotopic (exact) mass is 277 g/mol. The van der Waals surface area contributed by atoms with Gasteiger partial charge in [-0.3, -0.25) is 4.79 Å². The van der Waals surface area contributed by atoms with Crippen molar-refractivity contribution in [2.24, 2.45) is 5.92 Å². The average molecular weight is 277 g/mol. The van der Waals surface area contributed by atoms with E-state index >= 15 is 0 Å². The Labute approximate surface area is 120 Å². The molecule has 20 heavy (non-hydrogen) atoms. The van der Waals surface area contributed by atoms with Gasteiger partial charge in [0.05, 0.1) is 0 Å². The second-order valence-corrected chi connectivity index (χ2v) is 5.77. The quantitative estimate of drug-likeness (QED) is 0.869. The summed E-state index contributed by atoms with van der Waals surface area (Å²) in [4.78, 5) is 23.5. The van der Waals surface area contributed by atoms with Gasteiger partial charge in [-0.15, -0.1) is 0 Å². The van der Waals surface area contributed by atoms with Crippen LogP contribution in [0.4, 0.5) is 0 Å². The number of rotatable bonds is 5. The van der Waals surface area contributed by atoms with Crippen LogP contribution in [-0.2, 0) is 4.79 Å². The average Bonchev–Trinajstić information content (AvgIpc) is 2.25. The van der Waals surface area contributed by atoms with Gasteiger partial charge in [0.1, 0.15) is 6.04 Å². The number of nitrogens with one attached hydrogen (secondary N) is 1. The number of benzene rings is 1. The molecule has 0 radical (unpaired) electrons. The number of hydrogen-bond acceptors (Lipinski definition) is 2. The largest absolute Gasteiger partial charge is 0.480 e. The van der Waals surface area contributed by atoms with Crippen molar-refractivity contribution in [3.05, 3.63) is 34.4 Å². The molecule has 0 heterocycles. The highest BCUT2D eigenvalue weighted by Gasteiger charge is 2.23. The minimum absolute atomic E-state index is 0.205. The fraction of sp³-hybridized carbons (Fsp3) is 0.500. The molecule has 1 aromatic carbocycles. The highest BCUT2D eigenvalue weighted by molar-refractivity contribution is 5.99. The zero-order valence-electron chi connectivity index (χ0n) is 12.8. The molecule has 0 fully saturated rings. The van der Waals surface area contributed by atoms with Crippen LogP contribution >= 0.6 is 0 Å². The third kappa shape index (κ3) is 4.08. The molecule has 2 N–H and O–H groups in total. The summed E-state index contributed by atoms with van der Waals surface area (Å²) in [6.45, 7) is 9.58. The molecule has 1 atom stereocenters. The molecule has 0 bridgehead atoms. The number of carboxylic acids is 1. The molecule has 0 aliphatic carbocycles. The summed E-state index contributed by atoms with van der Waals surface area (Å²) in [5.41, 5.74) is 3.40. The van der Waals surface area contributed by atoms with Crippen LogP contribution in [0, 0.1) is 26.7 Å². The molecule has 0 aliphatic rings. The molecule has 0 aliphatic heterocycles. The van der Waals surface area contributed by atoms with E-state index in [4.69, 9.17) is 0 Å². The standard InChI is InChI=1S/C16H23NO3/c1-9(2)6-13(16(19)20)17-15(18)14-11(4)7-10(3)8-12(14)5/h7-9,13H,6H2,1-5H3,(H,17,18)(H,19,20)/t13-/m1/s1. The van der Waals surface area contributed by atoms with Crippen LogP contribution in [0.15, 0.2) is 12.1 Å². The second kappa shape index (κ2) is 6.55. The van der Waals surface area contributed by atoms with Crippen LogP contribution in [0.2, 0.25) is 0 Å². The van der Waals surface area contributed by atoms with Gasteiger partial charge in [0.2, 0.25) is 0 Å². The number of carbonyl (C=O) groups is 2.